The van der Waals surface area contributed by atoms with Gasteiger partial charge in [-0.25, -0.2) is 0 Å². The van der Waals surface area contributed by atoms with Crippen molar-refractivity contribution in [1.29, 1.82) is 0 Å². The van der Waals surface area contributed by atoms with Gasteiger partial charge in [-0.3, -0.25) is 4.79 Å². The van der Waals surface area contributed by atoms with Crippen LogP contribution in [0.25, 0.3) is 0 Å². The van der Waals surface area contributed by atoms with Gasteiger partial charge < -0.3 is 14.7 Å². The Balaban J connectivity index is 2.21. The number of nitrogens with zero attached hydrogens (tertiary/aromatic N) is 2. The van der Waals surface area contributed by atoms with Gasteiger partial charge in [0.25, 0.3) is 5.91 Å². The number of nitrogens with one attached hydrogen (secondary N) is 1. The van der Waals surface area contributed by atoms with Crippen molar-refractivity contribution < 1.29 is 9.32 Å². The minimum Gasteiger partial charge on any atom is -0.364 e. The Kier molecular flexibility index (Phi) is 3.24. The standard InChI is InChI=1S/C11H17N3O2/c1-14(2)11(15)8-7-16-13-10(8)9-5-3-4-6-12-9/h7,9,12H,3-6H2,1-2H3/t9-/m0/s1. The van der Waals surface area contributed by atoms with Crippen LogP contribution in [0.5, 0.6) is 0 Å². The molecule has 88 valence electrons. The molecule has 1 atom stereocenters. The van der Waals surface area contributed by atoms with E-state index in [9.17, 15) is 4.79 Å². The van der Waals surface area contributed by atoms with Crippen LogP contribution in [0.1, 0.15) is 41.4 Å². The van der Waals surface area contributed by atoms with E-state index in [0.29, 0.717) is 5.56 Å². The zero-order valence-corrected chi connectivity index (χ0v) is 9.69. The second-order valence-electron chi connectivity index (χ2n) is 4.32. The summed E-state index contributed by atoms with van der Waals surface area (Å²) in [5.41, 5.74) is 1.32. The van der Waals surface area contributed by atoms with Gasteiger partial charge in [-0.15, -0.1) is 0 Å². The fourth-order valence-corrected chi connectivity index (χ4v) is 1.98. The van der Waals surface area contributed by atoms with Crippen LogP contribution in [0.3, 0.4) is 0 Å². The summed E-state index contributed by atoms with van der Waals surface area (Å²) in [5.74, 6) is -0.0522. The van der Waals surface area contributed by atoms with Crippen molar-refractivity contribution in [3.8, 4) is 0 Å². The predicted octanol–water partition coefficient (Wildman–Crippen LogP) is 1.19. The van der Waals surface area contributed by atoms with Crippen molar-refractivity contribution in [2.45, 2.75) is 25.3 Å². The first-order valence-electron chi connectivity index (χ1n) is 5.59. The summed E-state index contributed by atoms with van der Waals surface area (Å²) in [6, 6.07) is 0.159. The summed E-state index contributed by atoms with van der Waals surface area (Å²) < 4.78 is 4.93. The van der Waals surface area contributed by atoms with Gasteiger partial charge in [0, 0.05) is 14.1 Å². The maximum Gasteiger partial charge on any atom is 0.258 e. The molecular weight excluding hydrogens is 206 g/mol. The first-order valence-corrected chi connectivity index (χ1v) is 5.59. The van der Waals surface area contributed by atoms with Crippen LogP contribution in [0.2, 0.25) is 0 Å². The Morgan fingerprint density at radius 1 is 1.56 bits per heavy atom. The molecule has 0 saturated carbocycles. The number of carbonyl (C=O) groups is 1. The quantitative estimate of drug-likeness (QED) is 0.818. The molecule has 1 aromatic heterocycles. The number of aromatic nitrogens is 1. The lowest BCUT2D eigenvalue weighted by atomic mass is 9.99. The summed E-state index contributed by atoms with van der Waals surface area (Å²) in [6.07, 6.45) is 4.81. The van der Waals surface area contributed by atoms with Gasteiger partial charge in [-0.05, 0) is 19.4 Å². The van der Waals surface area contributed by atoms with E-state index in [1.54, 1.807) is 19.0 Å². The zero-order chi connectivity index (χ0) is 11.5. The van der Waals surface area contributed by atoms with Gasteiger partial charge in [0.15, 0.2) is 0 Å². The molecule has 0 aliphatic carbocycles. The third-order valence-corrected chi connectivity index (χ3v) is 2.87. The molecule has 0 spiro atoms. The van der Waals surface area contributed by atoms with E-state index in [4.69, 9.17) is 4.52 Å². The second kappa shape index (κ2) is 4.65. The molecule has 1 N–H and O–H groups in total. The maximum absolute atomic E-state index is 11.9. The van der Waals surface area contributed by atoms with E-state index < -0.39 is 0 Å². The van der Waals surface area contributed by atoms with Crippen molar-refractivity contribution in [3.05, 3.63) is 17.5 Å². The SMILES string of the molecule is CN(C)C(=O)c1conc1[C@@H]1CCCCN1. The van der Waals surface area contributed by atoms with Crippen molar-refractivity contribution in [2.75, 3.05) is 20.6 Å². The molecule has 16 heavy (non-hydrogen) atoms. The first-order chi connectivity index (χ1) is 7.70. The van der Waals surface area contributed by atoms with Crippen LogP contribution >= 0.6 is 0 Å². The van der Waals surface area contributed by atoms with Crippen molar-refractivity contribution in [3.63, 3.8) is 0 Å². The fraction of sp³-hybridized carbons (Fsp3) is 0.636. The summed E-state index contributed by atoms with van der Waals surface area (Å²) in [5, 5.41) is 7.32. The van der Waals surface area contributed by atoms with Crippen LogP contribution in [-0.4, -0.2) is 36.6 Å². The molecule has 1 amide bonds. The molecule has 1 aromatic rings. The highest BCUT2D eigenvalue weighted by molar-refractivity contribution is 5.94. The number of piperidine rings is 1. The first kappa shape index (κ1) is 11.1. The summed E-state index contributed by atoms with van der Waals surface area (Å²) >= 11 is 0. The van der Waals surface area contributed by atoms with Gasteiger partial charge in [-0.1, -0.05) is 11.6 Å². The summed E-state index contributed by atoms with van der Waals surface area (Å²) in [7, 11) is 3.46. The average Bonchev–Trinajstić information content (AvgIpc) is 2.77. The average molecular weight is 223 g/mol. The molecule has 0 unspecified atom stereocenters. The molecule has 1 aliphatic heterocycles. The van der Waals surface area contributed by atoms with E-state index in [1.165, 1.54) is 19.1 Å². The molecule has 0 bridgehead atoms. The summed E-state index contributed by atoms with van der Waals surface area (Å²) in [6.45, 7) is 0.979. The molecule has 0 aromatic carbocycles. The Labute approximate surface area is 94.8 Å². The Morgan fingerprint density at radius 2 is 2.38 bits per heavy atom. The zero-order valence-electron chi connectivity index (χ0n) is 9.69. The van der Waals surface area contributed by atoms with Gasteiger partial charge in [0.05, 0.1) is 6.04 Å². The molecule has 0 radical (unpaired) electrons. The van der Waals surface area contributed by atoms with Gasteiger partial charge >= 0.3 is 0 Å². The van der Waals surface area contributed by atoms with Gasteiger partial charge in [-0.2, -0.15) is 0 Å². The third-order valence-electron chi connectivity index (χ3n) is 2.87. The molecular formula is C11H17N3O2. The van der Waals surface area contributed by atoms with Gasteiger partial charge in [0.1, 0.15) is 17.5 Å². The van der Waals surface area contributed by atoms with Crippen LogP contribution in [0, 0.1) is 0 Å². The highest BCUT2D eigenvalue weighted by Crippen LogP contribution is 2.25. The Bertz CT molecular complexity index is 367. The molecule has 1 aliphatic rings. The van der Waals surface area contributed by atoms with E-state index in [0.717, 1.165) is 18.7 Å². The lowest BCUT2D eigenvalue weighted by Crippen LogP contribution is -2.30. The number of amides is 1. The number of rotatable bonds is 2. The Morgan fingerprint density at radius 3 is 3.00 bits per heavy atom. The van der Waals surface area contributed by atoms with E-state index in [2.05, 4.69) is 10.5 Å². The number of hydrogen-bond acceptors (Lipinski definition) is 4. The predicted molar refractivity (Wildman–Crippen MR) is 59.1 cm³/mol. The van der Waals surface area contributed by atoms with Crippen LogP contribution < -0.4 is 5.32 Å². The highest BCUT2D eigenvalue weighted by atomic mass is 16.5. The summed E-state index contributed by atoms with van der Waals surface area (Å²) in [4.78, 5) is 13.4. The fourth-order valence-electron chi connectivity index (χ4n) is 1.98. The van der Waals surface area contributed by atoms with Gasteiger partial charge in [0.2, 0.25) is 0 Å². The van der Waals surface area contributed by atoms with Crippen LogP contribution in [0.4, 0.5) is 0 Å². The normalized spacial score (nSPS) is 20.8. The van der Waals surface area contributed by atoms with E-state index >= 15 is 0 Å². The molecule has 2 heterocycles. The largest absolute Gasteiger partial charge is 0.364 e. The molecule has 2 rings (SSSR count). The number of hydrogen-bond donors (Lipinski definition) is 1. The van der Waals surface area contributed by atoms with Crippen molar-refractivity contribution in [2.24, 2.45) is 0 Å². The molecule has 1 fully saturated rings. The monoisotopic (exact) mass is 223 g/mol. The van der Waals surface area contributed by atoms with E-state index in [-0.39, 0.29) is 11.9 Å². The number of carbonyl (C=O) groups excluding carboxylic acids is 1. The van der Waals surface area contributed by atoms with Crippen LogP contribution in [-0.2, 0) is 0 Å². The molecule has 5 nitrogen and oxygen atoms in total. The topological polar surface area (TPSA) is 58.4 Å². The van der Waals surface area contributed by atoms with Crippen molar-refractivity contribution in [1.82, 2.24) is 15.4 Å². The van der Waals surface area contributed by atoms with Crippen molar-refractivity contribution >= 4 is 5.91 Å². The lowest BCUT2D eigenvalue weighted by Gasteiger charge is -2.22. The third kappa shape index (κ3) is 2.09. The Hall–Kier alpha value is -1.36. The maximum atomic E-state index is 11.9. The molecule has 5 heteroatoms. The second-order valence-corrected chi connectivity index (χ2v) is 4.32. The van der Waals surface area contributed by atoms with Crippen LogP contribution in [0.15, 0.2) is 10.8 Å². The smallest absolute Gasteiger partial charge is 0.258 e. The molecule has 1 saturated heterocycles. The minimum absolute atomic E-state index is 0.0522. The highest BCUT2D eigenvalue weighted by Gasteiger charge is 2.25. The minimum atomic E-state index is -0.0522. The lowest BCUT2D eigenvalue weighted by molar-refractivity contribution is 0.0825. The van der Waals surface area contributed by atoms with E-state index in [1.807, 2.05) is 0 Å².